The Morgan fingerprint density at radius 1 is 1.52 bits per heavy atom. The number of nitrogens with two attached hydrogens (primary N) is 1. The van der Waals surface area contributed by atoms with Crippen molar-refractivity contribution in [3.05, 3.63) is 22.4 Å². The van der Waals surface area contributed by atoms with Gasteiger partial charge in [0.05, 0.1) is 12.7 Å². The Morgan fingerprint density at radius 2 is 2.19 bits per heavy atom. The van der Waals surface area contributed by atoms with Crippen molar-refractivity contribution in [2.75, 3.05) is 18.9 Å². The SMILES string of the molecule is CCC1COC(C)CN1S(=O)(=O)c1cc(N)c(Br)cc1F. The lowest BCUT2D eigenvalue weighted by atomic mass is 10.2. The molecular weight excluding hydrogens is 363 g/mol. The van der Waals surface area contributed by atoms with Gasteiger partial charge >= 0.3 is 0 Å². The van der Waals surface area contributed by atoms with E-state index in [4.69, 9.17) is 10.5 Å². The number of anilines is 1. The van der Waals surface area contributed by atoms with Crippen molar-refractivity contribution < 1.29 is 17.5 Å². The molecule has 1 aromatic rings. The van der Waals surface area contributed by atoms with E-state index in [9.17, 15) is 12.8 Å². The van der Waals surface area contributed by atoms with Crippen LogP contribution in [0.3, 0.4) is 0 Å². The van der Waals surface area contributed by atoms with Crippen molar-refractivity contribution in [2.24, 2.45) is 0 Å². The molecule has 2 unspecified atom stereocenters. The van der Waals surface area contributed by atoms with Crippen LogP contribution in [0.1, 0.15) is 20.3 Å². The van der Waals surface area contributed by atoms with Gasteiger partial charge in [0.2, 0.25) is 10.0 Å². The van der Waals surface area contributed by atoms with Crippen molar-refractivity contribution in [1.29, 1.82) is 0 Å². The summed E-state index contributed by atoms with van der Waals surface area (Å²) in [5.74, 6) is -0.815. The quantitative estimate of drug-likeness (QED) is 0.816. The Kier molecular flexibility index (Phi) is 4.92. The van der Waals surface area contributed by atoms with Crippen LogP contribution in [0.25, 0.3) is 0 Å². The third-order valence-electron chi connectivity index (χ3n) is 3.53. The molecule has 21 heavy (non-hydrogen) atoms. The van der Waals surface area contributed by atoms with Crippen LogP contribution in [-0.2, 0) is 14.8 Å². The van der Waals surface area contributed by atoms with E-state index in [1.54, 1.807) is 6.92 Å². The van der Waals surface area contributed by atoms with E-state index < -0.39 is 20.7 Å². The van der Waals surface area contributed by atoms with Crippen LogP contribution >= 0.6 is 15.9 Å². The monoisotopic (exact) mass is 380 g/mol. The molecule has 1 aromatic carbocycles. The lowest BCUT2D eigenvalue weighted by molar-refractivity contribution is -0.0231. The van der Waals surface area contributed by atoms with Crippen molar-refractivity contribution in [2.45, 2.75) is 37.3 Å². The molecule has 1 saturated heterocycles. The van der Waals surface area contributed by atoms with Crippen LogP contribution in [-0.4, -0.2) is 38.0 Å². The minimum atomic E-state index is -3.95. The van der Waals surface area contributed by atoms with Gasteiger partial charge < -0.3 is 10.5 Å². The second-order valence-corrected chi connectivity index (χ2v) is 7.80. The van der Waals surface area contributed by atoms with Gasteiger partial charge in [0.25, 0.3) is 0 Å². The van der Waals surface area contributed by atoms with Gasteiger partial charge in [0.1, 0.15) is 10.7 Å². The minimum absolute atomic E-state index is 0.185. The van der Waals surface area contributed by atoms with Crippen molar-refractivity contribution in [1.82, 2.24) is 4.31 Å². The number of halogens is 2. The summed E-state index contributed by atoms with van der Waals surface area (Å²) in [6.45, 7) is 4.18. The lowest BCUT2D eigenvalue weighted by Gasteiger charge is -2.37. The number of rotatable bonds is 3. The fourth-order valence-electron chi connectivity index (χ4n) is 2.30. The molecule has 2 rings (SSSR count). The maximum Gasteiger partial charge on any atom is 0.246 e. The second kappa shape index (κ2) is 6.20. The van der Waals surface area contributed by atoms with E-state index >= 15 is 0 Å². The maximum atomic E-state index is 14.1. The summed E-state index contributed by atoms with van der Waals surface area (Å²) in [6, 6.07) is 1.93. The molecular formula is C13H18BrFN2O3S. The first-order valence-corrected chi connectivity index (χ1v) is 8.88. The van der Waals surface area contributed by atoms with Gasteiger partial charge in [0.15, 0.2) is 0 Å². The Balaban J connectivity index is 2.47. The lowest BCUT2D eigenvalue weighted by Crippen LogP contribution is -2.51. The number of ether oxygens (including phenoxy) is 1. The molecule has 8 heteroatoms. The normalized spacial score (nSPS) is 24.2. The number of hydrogen-bond acceptors (Lipinski definition) is 4. The van der Waals surface area contributed by atoms with E-state index in [-0.39, 0.29) is 24.4 Å². The van der Waals surface area contributed by atoms with Gasteiger partial charge in [-0.1, -0.05) is 6.92 Å². The van der Waals surface area contributed by atoms with Crippen molar-refractivity contribution in [3.8, 4) is 0 Å². The molecule has 2 N–H and O–H groups in total. The Labute approximate surface area is 132 Å². The van der Waals surface area contributed by atoms with Gasteiger partial charge in [-0.3, -0.25) is 0 Å². The molecule has 0 radical (unpaired) electrons. The minimum Gasteiger partial charge on any atom is -0.398 e. The average Bonchev–Trinajstić information content (AvgIpc) is 2.42. The summed E-state index contributed by atoms with van der Waals surface area (Å²) in [4.78, 5) is -0.393. The summed E-state index contributed by atoms with van der Waals surface area (Å²) < 4.78 is 46.7. The molecule has 118 valence electrons. The van der Waals surface area contributed by atoms with Crippen LogP contribution in [0.15, 0.2) is 21.5 Å². The van der Waals surface area contributed by atoms with Gasteiger partial charge in [-0.25, -0.2) is 12.8 Å². The molecule has 0 aromatic heterocycles. The highest BCUT2D eigenvalue weighted by atomic mass is 79.9. The molecule has 1 aliphatic rings. The molecule has 0 saturated carbocycles. The van der Waals surface area contributed by atoms with Crippen LogP contribution in [0.2, 0.25) is 0 Å². The first-order valence-electron chi connectivity index (χ1n) is 6.65. The molecule has 0 aliphatic carbocycles. The summed E-state index contributed by atoms with van der Waals surface area (Å²) in [7, 11) is -3.95. The average molecular weight is 381 g/mol. The van der Waals surface area contributed by atoms with Crippen molar-refractivity contribution in [3.63, 3.8) is 0 Å². The Bertz CT molecular complexity index is 639. The first kappa shape index (κ1) is 16.7. The number of sulfonamides is 1. The Hall–Kier alpha value is -0.700. The second-order valence-electron chi connectivity index (χ2n) is 5.08. The molecule has 0 bridgehead atoms. The number of benzene rings is 1. The molecule has 2 atom stereocenters. The van der Waals surface area contributed by atoms with E-state index in [0.29, 0.717) is 17.5 Å². The fraction of sp³-hybridized carbons (Fsp3) is 0.538. The topological polar surface area (TPSA) is 72.6 Å². The summed E-state index contributed by atoms with van der Waals surface area (Å²) in [6.07, 6.45) is 0.373. The van der Waals surface area contributed by atoms with Crippen LogP contribution in [0.4, 0.5) is 10.1 Å². The standard InChI is InChI=1S/C13H18BrFN2O3S/c1-3-9-7-20-8(2)6-17(9)21(18,19)13-5-12(16)10(14)4-11(13)15/h4-5,8-9H,3,6-7,16H2,1-2H3. The summed E-state index contributed by atoms with van der Waals surface area (Å²) in [5.41, 5.74) is 5.87. The molecule has 1 fully saturated rings. The number of nitrogen functional groups attached to an aromatic ring is 1. The third-order valence-corrected chi connectivity index (χ3v) is 6.15. The zero-order chi connectivity index (χ0) is 15.8. The van der Waals surface area contributed by atoms with Crippen molar-refractivity contribution >= 4 is 31.6 Å². The molecule has 0 amide bonds. The van der Waals surface area contributed by atoms with Crippen LogP contribution in [0, 0.1) is 5.82 Å². The highest BCUT2D eigenvalue weighted by molar-refractivity contribution is 9.10. The smallest absolute Gasteiger partial charge is 0.246 e. The number of nitrogens with zero attached hydrogens (tertiary/aromatic N) is 1. The summed E-state index contributed by atoms with van der Waals surface area (Å²) >= 11 is 3.08. The van der Waals surface area contributed by atoms with Crippen LogP contribution in [0.5, 0.6) is 0 Å². The Morgan fingerprint density at radius 3 is 2.81 bits per heavy atom. The van der Waals surface area contributed by atoms with Crippen LogP contribution < -0.4 is 5.73 Å². The molecule has 1 aliphatic heterocycles. The van der Waals surface area contributed by atoms with E-state index in [1.807, 2.05) is 6.92 Å². The first-order chi connectivity index (χ1) is 9.77. The number of morpholine rings is 1. The highest BCUT2D eigenvalue weighted by Gasteiger charge is 2.37. The van der Waals surface area contributed by atoms with Gasteiger partial charge in [-0.05, 0) is 41.4 Å². The summed E-state index contributed by atoms with van der Waals surface area (Å²) in [5, 5.41) is 0. The van der Waals surface area contributed by atoms with Gasteiger partial charge in [0, 0.05) is 22.7 Å². The van der Waals surface area contributed by atoms with E-state index in [2.05, 4.69) is 15.9 Å². The maximum absolute atomic E-state index is 14.1. The number of hydrogen-bond donors (Lipinski definition) is 1. The van der Waals surface area contributed by atoms with Gasteiger partial charge in [-0.15, -0.1) is 0 Å². The highest BCUT2D eigenvalue weighted by Crippen LogP contribution is 2.30. The predicted octanol–water partition coefficient (Wildman–Crippen LogP) is 2.36. The largest absolute Gasteiger partial charge is 0.398 e. The third kappa shape index (κ3) is 3.23. The zero-order valence-corrected chi connectivity index (χ0v) is 14.2. The van der Waals surface area contributed by atoms with E-state index in [1.165, 1.54) is 4.31 Å². The fourth-order valence-corrected chi connectivity index (χ4v) is 4.46. The molecule has 0 spiro atoms. The predicted molar refractivity (Wildman–Crippen MR) is 81.9 cm³/mol. The molecule has 5 nitrogen and oxygen atoms in total. The molecule has 1 heterocycles. The zero-order valence-electron chi connectivity index (χ0n) is 11.8. The van der Waals surface area contributed by atoms with Gasteiger partial charge in [-0.2, -0.15) is 4.31 Å². The van der Waals surface area contributed by atoms with E-state index in [0.717, 1.165) is 12.1 Å².